The smallest absolute Gasteiger partial charge is 0.142 e. The number of aliphatic hydroxyl groups is 1. The van der Waals surface area contributed by atoms with Crippen LogP contribution >= 0.6 is 0 Å². The maximum absolute atomic E-state index is 10.00. The monoisotopic (exact) mass is 388 g/mol. The topological polar surface area (TPSA) is 72.2 Å². The second kappa shape index (κ2) is 7.56. The van der Waals surface area contributed by atoms with Gasteiger partial charge in [0.1, 0.15) is 11.6 Å². The van der Waals surface area contributed by atoms with Gasteiger partial charge in [0, 0.05) is 23.3 Å². The number of para-hydroxylation sites is 2. The first kappa shape index (κ1) is 19.0. The Morgan fingerprint density at radius 2 is 1.86 bits per heavy atom. The lowest BCUT2D eigenvalue weighted by atomic mass is 10.0. The van der Waals surface area contributed by atoms with Crippen LogP contribution in [0.2, 0.25) is 0 Å². The zero-order valence-electron chi connectivity index (χ0n) is 16.8. The van der Waals surface area contributed by atoms with Gasteiger partial charge in [-0.2, -0.15) is 5.10 Å². The van der Waals surface area contributed by atoms with Crippen molar-refractivity contribution in [3.8, 4) is 16.9 Å². The quantitative estimate of drug-likeness (QED) is 0.504. The molecule has 148 valence electrons. The van der Waals surface area contributed by atoms with Crippen LogP contribution in [-0.2, 0) is 6.54 Å². The average molecular weight is 388 g/mol. The number of hydrogen-bond acceptors (Lipinski definition) is 5. The summed E-state index contributed by atoms with van der Waals surface area (Å²) in [7, 11) is 1.65. The molecule has 0 fully saturated rings. The number of nitrogens with one attached hydrogen (secondary N) is 1. The van der Waals surface area contributed by atoms with Crippen LogP contribution in [0.15, 0.2) is 67.1 Å². The molecule has 0 aliphatic carbocycles. The number of benzene rings is 2. The fourth-order valence-electron chi connectivity index (χ4n) is 3.27. The Kier molecular flexibility index (Phi) is 4.94. The lowest BCUT2D eigenvalue weighted by Gasteiger charge is -2.16. The van der Waals surface area contributed by atoms with E-state index in [4.69, 9.17) is 4.74 Å². The van der Waals surface area contributed by atoms with E-state index in [1.54, 1.807) is 25.6 Å². The summed E-state index contributed by atoms with van der Waals surface area (Å²) in [5.74, 6) is 1.51. The zero-order chi connectivity index (χ0) is 20.4. The van der Waals surface area contributed by atoms with Gasteiger partial charge < -0.3 is 15.2 Å². The van der Waals surface area contributed by atoms with E-state index in [2.05, 4.69) is 33.6 Å². The molecule has 0 radical (unpaired) electrons. The number of methoxy groups -OCH3 is 1. The molecule has 0 bridgehead atoms. The van der Waals surface area contributed by atoms with Crippen molar-refractivity contribution in [3.05, 3.63) is 67.1 Å². The molecule has 0 unspecified atom stereocenters. The van der Waals surface area contributed by atoms with Crippen molar-refractivity contribution in [3.63, 3.8) is 0 Å². The molecule has 2 aromatic carbocycles. The van der Waals surface area contributed by atoms with Gasteiger partial charge >= 0.3 is 0 Å². The largest absolute Gasteiger partial charge is 0.495 e. The lowest BCUT2D eigenvalue weighted by molar-refractivity contribution is 0.0577. The van der Waals surface area contributed by atoms with E-state index in [0.29, 0.717) is 6.54 Å². The van der Waals surface area contributed by atoms with Gasteiger partial charge in [-0.25, -0.2) is 4.98 Å². The molecule has 4 aromatic rings. The summed E-state index contributed by atoms with van der Waals surface area (Å²) >= 11 is 0. The third-order valence-corrected chi connectivity index (χ3v) is 4.61. The summed E-state index contributed by atoms with van der Waals surface area (Å²) in [5, 5.41) is 19.8. The molecule has 29 heavy (non-hydrogen) atoms. The number of nitrogens with zero attached hydrogens (tertiary/aromatic N) is 3. The van der Waals surface area contributed by atoms with Crippen LogP contribution in [0.1, 0.15) is 13.8 Å². The maximum atomic E-state index is 10.00. The van der Waals surface area contributed by atoms with Gasteiger partial charge in [-0.15, -0.1) is 0 Å². The van der Waals surface area contributed by atoms with Crippen molar-refractivity contribution in [2.24, 2.45) is 0 Å². The third kappa shape index (κ3) is 4.38. The first-order chi connectivity index (χ1) is 13.9. The van der Waals surface area contributed by atoms with Gasteiger partial charge in [-0.3, -0.25) is 4.68 Å². The Morgan fingerprint density at radius 3 is 2.66 bits per heavy atom. The summed E-state index contributed by atoms with van der Waals surface area (Å²) in [6, 6.07) is 16.0. The molecule has 0 amide bonds. The standard InChI is InChI=1S/C23H24N4O2/c1-23(2,28)15-27-14-19(13-25-27)16-8-9-17-12-24-22(11-18(17)10-16)26-20-6-4-5-7-21(20)29-3/h4-14,28H,15H2,1-3H3,(H,24,26). The summed E-state index contributed by atoms with van der Waals surface area (Å²) < 4.78 is 7.17. The Bertz CT molecular complexity index is 1150. The van der Waals surface area contributed by atoms with Crippen LogP contribution in [0.25, 0.3) is 21.9 Å². The van der Waals surface area contributed by atoms with Crippen LogP contribution in [0, 0.1) is 0 Å². The molecule has 0 saturated heterocycles. The molecule has 0 saturated carbocycles. The van der Waals surface area contributed by atoms with Crippen molar-refractivity contribution in [1.82, 2.24) is 14.8 Å². The van der Waals surface area contributed by atoms with E-state index in [1.807, 2.05) is 48.9 Å². The minimum Gasteiger partial charge on any atom is -0.495 e. The highest BCUT2D eigenvalue weighted by molar-refractivity contribution is 5.88. The number of ether oxygens (including phenoxy) is 1. The first-order valence-corrected chi connectivity index (χ1v) is 9.46. The number of hydrogen-bond donors (Lipinski definition) is 2. The molecule has 0 spiro atoms. The number of anilines is 2. The molecule has 0 aliphatic heterocycles. The Morgan fingerprint density at radius 1 is 1.03 bits per heavy atom. The predicted octanol–water partition coefficient (Wildman–Crippen LogP) is 4.62. The van der Waals surface area contributed by atoms with Crippen LogP contribution in [0.5, 0.6) is 5.75 Å². The molecule has 6 heteroatoms. The highest BCUT2D eigenvalue weighted by Crippen LogP contribution is 2.29. The first-order valence-electron chi connectivity index (χ1n) is 9.46. The van der Waals surface area contributed by atoms with Gasteiger partial charge in [0.15, 0.2) is 0 Å². The molecule has 2 aromatic heterocycles. The van der Waals surface area contributed by atoms with Crippen LogP contribution in [0.3, 0.4) is 0 Å². The van der Waals surface area contributed by atoms with E-state index < -0.39 is 5.60 Å². The molecule has 0 atom stereocenters. The number of fused-ring (bicyclic) bond motifs is 1. The summed E-state index contributed by atoms with van der Waals surface area (Å²) in [5.41, 5.74) is 2.13. The third-order valence-electron chi connectivity index (χ3n) is 4.61. The highest BCUT2D eigenvalue weighted by atomic mass is 16.5. The van der Waals surface area contributed by atoms with Crippen molar-refractivity contribution in [1.29, 1.82) is 0 Å². The Labute approximate surface area is 169 Å². The molecular formula is C23H24N4O2. The molecule has 4 rings (SSSR count). The molecule has 6 nitrogen and oxygen atoms in total. The second-order valence-electron chi connectivity index (χ2n) is 7.70. The number of rotatable bonds is 6. The fraction of sp³-hybridized carbons (Fsp3) is 0.217. The molecule has 2 N–H and O–H groups in total. The van der Waals surface area contributed by atoms with E-state index >= 15 is 0 Å². The van der Waals surface area contributed by atoms with E-state index in [1.165, 1.54) is 0 Å². The zero-order valence-corrected chi connectivity index (χ0v) is 16.8. The van der Waals surface area contributed by atoms with Gasteiger partial charge in [-0.1, -0.05) is 24.3 Å². The summed E-state index contributed by atoms with van der Waals surface area (Å²) in [6.07, 6.45) is 5.63. The number of aromatic nitrogens is 3. The number of pyridine rings is 1. The fourth-order valence-corrected chi connectivity index (χ4v) is 3.27. The predicted molar refractivity (Wildman–Crippen MR) is 116 cm³/mol. The van der Waals surface area contributed by atoms with Crippen LogP contribution in [-0.4, -0.2) is 32.6 Å². The minimum absolute atomic E-state index is 0.442. The molecule has 0 aliphatic rings. The van der Waals surface area contributed by atoms with Gasteiger partial charge in [0.2, 0.25) is 0 Å². The highest BCUT2D eigenvalue weighted by Gasteiger charge is 2.14. The summed E-state index contributed by atoms with van der Waals surface area (Å²) in [4.78, 5) is 4.51. The van der Waals surface area contributed by atoms with Gasteiger partial charge in [0.25, 0.3) is 0 Å². The van der Waals surface area contributed by atoms with Crippen molar-refractivity contribution >= 4 is 22.3 Å². The van der Waals surface area contributed by atoms with Gasteiger partial charge in [0.05, 0.1) is 31.1 Å². The second-order valence-corrected chi connectivity index (χ2v) is 7.70. The maximum Gasteiger partial charge on any atom is 0.142 e. The van der Waals surface area contributed by atoms with Crippen molar-refractivity contribution in [2.75, 3.05) is 12.4 Å². The average Bonchev–Trinajstić information content (AvgIpc) is 3.14. The lowest BCUT2D eigenvalue weighted by Crippen LogP contribution is -2.26. The van der Waals surface area contributed by atoms with Gasteiger partial charge in [-0.05, 0) is 49.1 Å². The van der Waals surface area contributed by atoms with Crippen molar-refractivity contribution in [2.45, 2.75) is 26.0 Å². The van der Waals surface area contributed by atoms with Crippen LogP contribution in [0.4, 0.5) is 11.5 Å². The van der Waals surface area contributed by atoms with E-state index in [0.717, 1.165) is 39.2 Å². The Balaban J connectivity index is 1.63. The summed E-state index contributed by atoms with van der Waals surface area (Å²) in [6.45, 7) is 3.98. The minimum atomic E-state index is -0.808. The normalized spacial score (nSPS) is 11.6. The Hall–Kier alpha value is -3.38. The van der Waals surface area contributed by atoms with E-state index in [9.17, 15) is 5.11 Å². The molecule has 2 heterocycles. The van der Waals surface area contributed by atoms with E-state index in [-0.39, 0.29) is 0 Å². The molecular weight excluding hydrogens is 364 g/mol. The van der Waals surface area contributed by atoms with Crippen molar-refractivity contribution < 1.29 is 9.84 Å². The SMILES string of the molecule is COc1ccccc1Nc1cc2cc(-c3cnn(CC(C)(C)O)c3)ccc2cn1. The van der Waals surface area contributed by atoms with Crippen LogP contribution < -0.4 is 10.1 Å².